The van der Waals surface area contributed by atoms with Crippen LogP contribution in [-0.2, 0) is 16.4 Å². The van der Waals surface area contributed by atoms with Gasteiger partial charge in [0, 0.05) is 10.7 Å². The average molecular weight is 329 g/mol. The van der Waals surface area contributed by atoms with Gasteiger partial charge in [0.05, 0.1) is 10.6 Å². The highest BCUT2D eigenvalue weighted by Crippen LogP contribution is 2.24. The standard InChI is InChI=1S/C14H14ClFN2O2S/c1-2-9-3-4-12(17)8-14(9)21(19,20)18-13-6-10(15)5-11(16)7-13/h3-8,18H,2,17H2,1H3. The molecule has 0 unspecified atom stereocenters. The van der Waals surface area contributed by atoms with Gasteiger partial charge in [-0.05, 0) is 42.3 Å². The number of nitrogens with one attached hydrogen (secondary N) is 1. The fourth-order valence-electron chi connectivity index (χ4n) is 1.94. The number of benzene rings is 2. The zero-order valence-electron chi connectivity index (χ0n) is 11.2. The van der Waals surface area contributed by atoms with Gasteiger partial charge in [0.2, 0.25) is 0 Å². The summed E-state index contributed by atoms with van der Waals surface area (Å²) in [6.45, 7) is 1.84. The van der Waals surface area contributed by atoms with E-state index in [1.54, 1.807) is 12.1 Å². The van der Waals surface area contributed by atoms with Crippen molar-refractivity contribution >= 4 is 33.0 Å². The lowest BCUT2D eigenvalue weighted by Gasteiger charge is -2.12. The molecule has 0 aromatic heterocycles. The van der Waals surface area contributed by atoms with Crippen LogP contribution in [0.3, 0.4) is 0 Å². The van der Waals surface area contributed by atoms with Crippen molar-refractivity contribution < 1.29 is 12.8 Å². The SMILES string of the molecule is CCc1ccc(N)cc1S(=O)(=O)Nc1cc(F)cc(Cl)c1. The van der Waals surface area contributed by atoms with Crippen molar-refractivity contribution in [3.8, 4) is 0 Å². The van der Waals surface area contributed by atoms with Crippen LogP contribution in [0.1, 0.15) is 12.5 Å². The van der Waals surface area contributed by atoms with Crippen molar-refractivity contribution in [3.63, 3.8) is 0 Å². The Hall–Kier alpha value is -1.79. The normalized spacial score (nSPS) is 11.4. The van der Waals surface area contributed by atoms with Crippen LogP contribution in [0.25, 0.3) is 0 Å². The van der Waals surface area contributed by atoms with Crippen LogP contribution < -0.4 is 10.5 Å². The molecule has 2 aromatic rings. The molecule has 21 heavy (non-hydrogen) atoms. The average Bonchev–Trinajstić information content (AvgIpc) is 2.36. The Balaban J connectivity index is 2.45. The van der Waals surface area contributed by atoms with Gasteiger partial charge < -0.3 is 5.73 Å². The molecule has 0 spiro atoms. The Bertz CT molecular complexity index is 758. The van der Waals surface area contributed by atoms with Crippen molar-refractivity contribution in [3.05, 3.63) is 52.8 Å². The molecule has 0 atom stereocenters. The number of aryl methyl sites for hydroxylation is 1. The van der Waals surface area contributed by atoms with E-state index in [0.717, 1.165) is 12.1 Å². The van der Waals surface area contributed by atoms with Crippen LogP contribution in [-0.4, -0.2) is 8.42 Å². The van der Waals surface area contributed by atoms with E-state index in [9.17, 15) is 12.8 Å². The van der Waals surface area contributed by atoms with Crippen LogP contribution in [0.5, 0.6) is 0 Å². The molecule has 0 saturated carbocycles. The number of hydrogen-bond donors (Lipinski definition) is 2. The maximum Gasteiger partial charge on any atom is 0.262 e. The van der Waals surface area contributed by atoms with E-state index in [4.69, 9.17) is 17.3 Å². The molecule has 3 N–H and O–H groups in total. The first-order valence-electron chi connectivity index (χ1n) is 6.19. The summed E-state index contributed by atoms with van der Waals surface area (Å²) in [4.78, 5) is 0.0744. The molecule has 0 heterocycles. The Morgan fingerprint density at radius 1 is 1.24 bits per heavy atom. The first kappa shape index (κ1) is 15.6. The molecular weight excluding hydrogens is 315 g/mol. The first-order chi connectivity index (χ1) is 9.81. The van der Waals surface area contributed by atoms with E-state index in [1.807, 2.05) is 6.92 Å². The van der Waals surface area contributed by atoms with Gasteiger partial charge in [0.25, 0.3) is 10.0 Å². The lowest BCUT2D eigenvalue weighted by Crippen LogP contribution is -2.15. The van der Waals surface area contributed by atoms with Gasteiger partial charge in [-0.15, -0.1) is 0 Å². The molecule has 0 aliphatic rings. The summed E-state index contributed by atoms with van der Waals surface area (Å²) in [6, 6.07) is 8.15. The second kappa shape index (κ2) is 5.91. The Kier molecular flexibility index (Phi) is 4.39. The third kappa shape index (κ3) is 3.65. The van der Waals surface area contributed by atoms with Crippen LogP contribution in [0.15, 0.2) is 41.3 Å². The highest BCUT2D eigenvalue weighted by molar-refractivity contribution is 7.92. The maximum atomic E-state index is 13.3. The van der Waals surface area contributed by atoms with E-state index >= 15 is 0 Å². The van der Waals surface area contributed by atoms with Gasteiger partial charge in [-0.1, -0.05) is 24.6 Å². The number of hydrogen-bond acceptors (Lipinski definition) is 3. The third-order valence-corrected chi connectivity index (χ3v) is 4.56. The second-order valence-corrected chi connectivity index (χ2v) is 6.57. The maximum absolute atomic E-state index is 13.3. The molecule has 0 aliphatic heterocycles. The molecule has 112 valence electrons. The van der Waals surface area contributed by atoms with Crippen molar-refractivity contribution in [2.75, 3.05) is 10.5 Å². The largest absolute Gasteiger partial charge is 0.399 e. The van der Waals surface area contributed by atoms with E-state index in [2.05, 4.69) is 4.72 Å². The summed E-state index contributed by atoms with van der Waals surface area (Å²) in [5.74, 6) is -0.622. The van der Waals surface area contributed by atoms with Gasteiger partial charge in [-0.2, -0.15) is 0 Å². The van der Waals surface area contributed by atoms with E-state index in [-0.39, 0.29) is 15.6 Å². The van der Waals surface area contributed by atoms with Crippen molar-refractivity contribution in [1.29, 1.82) is 0 Å². The zero-order chi connectivity index (χ0) is 15.6. The van der Waals surface area contributed by atoms with Gasteiger partial charge in [-0.3, -0.25) is 4.72 Å². The molecular formula is C14H14ClFN2O2S. The minimum Gasteiger partial charge on any atom is -0.399 e. The van der Waals surface area contributed by atoms with Gasteiger partial charge in [0.15, 0.2) is 0 Å². The Labute approximate surface area is 127 Å². The smallest absolute Gasteiger partial charge is 0.262 e. The molecule has 0 aliphatic carbocycles. The molecule has 0 fully saturated rings. The van der Waals surface area contributed by atoms with E-state index < -0.39 is 15.8 Å². The number of halogens is 2. The Morgan fingerprint density at radius 3 is 2.57 bits per heavy atom. The summed E-state index contributed by atoms with van der Waals surface area (Å²) < 4.78 is 40.4. The quantitative estimate of drug-likeness (QED) is 0.845. The third-order valence-electron chi connectivity index (χ3n) is 2.88. The van der Waals surface area contributed by atoms with Crippen molar-refractivity contribution in [2.45, 2.75) is 18.2 Å². The summed E-state index contributed by atoms with van der Waals surface area (Å²) in [5.41, 5.74) is 6.67. The highest BCUT2D eigenvalue weighted by atomic mass is 35.5. The lowest BCUT2D eigenvalue weighted by molar-refractivity contribution is 0.600. The van der Waals surface area contributed by atoms with Gasteiger partial charge in [0.1, 0.15) is 5.82 Å². The molecule has 4 nitrogen and oxygen atoms in total. The molecule has 0 saturated heterocycles. The van der Waals surface area contributed by atoms with Crippen LogP contribution in [0.4, 0.5) is 15.8 Å². The number of anilines is 2. The molecule has 0 radical (unpaired) electrons. The summed E-state index contributed by atoms with van der Waals surface area (Å²) in [6.07, 6.45) is 0.528. The van der Waals surface area contributed by atoms with Crippen molar-refractivity contribution in [2.24, 2.45) is 0 Å². The second-order valence-electron chi connectivity index (χ2n) is 4.48. The van der Waals surface area contributed by atoms with E-state index in [0.29, 0.717) is 17.7 Å². The Morgan fingerprint density at radius 2 is 1.95 bits per heavy atom. The first-order valence-corrected chi connectivity index (χ1v) is 8.05. The molecule has 2 rings (SSSR count). The predicted molar refractivity (Wildman–Crippen MR) is 82.5 cm³/mol. The minimum atomic E-state index is -3.87. The summed E-state index contributed by atoms with van der Waals surface area (Å²) in [5, 5.41) is 0.107. The van der Waals surface area contributed by atoms with Crippen molar-refractivity contribution in [1.82, 2.24) is 0 Å². The summed E-state index contributed by atoms with van der Waals surface area (Å²) in [7, 11) is -3.87. The predicted octanol–water partition coefficient (Wildman–Crippen LogP) is 3.42. The number of nitrogen functional groups attached to an aromatic ring is 1. The zero-order valence-corrected chi connectivity index (χ0v) is 12.8. The molecule has 0 bridgehead atoms. The minimum absolute atomic E-state index is 0.0597. The molecule has 2 aromatic carbocycles. The number of sulfonamides is 1. The van der Waals surface area contributed by atoms with E-state index in [1.165, 1.54) is 12.1 Å². The van der Waals surface area contributed by atoms with Crippen LogP contribution in [0.2, 0.25) is 5.02 Å². The monoisotopic (exact) mass is 328 g/mol. The fraction of sp³-hybridized carbons (Fsp3) is 0.143. The van der Waals surface area contributed by atoms with Crippen LogP contribution >= 0.6 is 11.6 Å². The molecule has 7 heteroatoms. The lowest BCUT2D eigenvalue weighted by atomic mass is 10.1. The van der Waals surface area contributed by atoms with Gasteiger partial charge in [-0.25, -0.2) is 12.8 Å². The van der Waals surface area contributed by atoms with Gasteiger partial charge >= 0.3 is 0 Å². The highest BCUT2D eigenvalue weighted by Gasteiger charge is 2.19. The topological polar surface area (TPSA) is 72.2 Å². The summed E-state index contributed by atoms with van der Waals surface area (Å²) >= 11 is 5.71. The van der Waals surface area contributed by atoms with Crippen LogP contribution in [0, 0.1) is 5.82 Å². The number of rotatable bonds is 4. The fourth-order valence-corrected chi connectivity index (χ4v) is 3.54. The molecule has 0 amide bonds. The number of nitrogens with two attached hydrogens (primary N) is 1.